The molecule has 0 aromatic heterocycles. The average Bonchev–Trinajstić information content (AvgIpc) is 2.79. The van der Waals surface area contributed by atoms with Crippen molar-refractivity contribution in [1.82, 2.24) is 5.32 Å². The van der Waals surface area contributed by atoms with Crippen LogP contribution in [0.2, 0.25) is 0 Å². The van der Waals surface area contributed by atoms with E-state index in [2.05, 4.69) is 24.5 Å². The van der Waals surface area contributed by atoms with Gasteiger partial charge in [-0.3, -0.25) is 9.59 Å². The van der Waals surface area contributed by atoms with Crippen LogP contribution < -0.4 is 15.4 Å². The summed E-state index contributed by atoms with van der Waals surface area (Å²) in [6.45, 7) is 6.73. The van der Waals surface area contributed by atoms with Crippen molar-refractivity contribution in [2.24, 2.45) is 5.92 Å². The Morgan fingerprint density at radius 3 is 2.19 bits per heavy atom. The Morgan fingerprint density at radius 1 is 0.906 bits per heavy atom. The fourth-order valence-corrected chi connectivity index (χ4v) is 2.87. The van der Waals surface area contributed by atoms with Gasteiger partial charge >= 0.3 is 0 Å². The molecule has 0 saturated heterocycles. The number of hydrogen-bond acceptors (Lipinski definition) is 3. The van der Waals surface area contributed by atoms with Gasteiger partial charge in [-0.05, 0) is 60.9 Å². The van der Waals surface area contributed by atoms with Crippen LogP contribution in [-0.2, 0) is 4.79 Å². The maximum absolute atomic E-state index is 13.0. The molecule has 2 N–H and O–H groups in total. The molecule has 0 aliphatic heterocycles. The Bertz CT molecular complexity index is 1070. The zero-order chi connectivity index (χ0) is 22.9. The van der Waals surface area contributed by atoms with Crippen LogP contribution in [0.5, 0.6) is 5.75 Å². The summed E-state index contributed by atoms with van der Waals surface area (Å²) in [4.78, 5) is 25.8. The van der Waals surface area contributed by atoms with E-state index < -0.39 is 5.91 Å². The van der Waals surface area contributed by atoms with Crippen LogP contribution in [0.4, 0.5) is 5.69 Å². The van der Waals surface area contributed by atoms with Gasteiger partial charge in [0.25, 0.3) is 11.8 Å². The Hall–Kier alpha value is -3.86. The molecule has 0 aliphatic carbocycles. The van der Waals surface area contributed by atoms with E-state index in [1.54, 1.807) is 30.3 Å². The molecule has 0 spiro atoms. The third-order valence-electron chi connectivity index (χ3n) is 4.61. The van der Waals surface area contributed by atoms with Crippen LogP contribution in [0, 0.1) is 12.8 Å². The van der Waals surface area contributed by atoms with Crippen molar-refractivity contribution in [3.05, 3.63) is 101 Å². The highest BCUT2D eigenvalue weighted by molar-refractivity contribution is 6.10. The minimum absolute atomic E-state index is 0.155. The van der Waals surface area contributed by atoms with Gasteiger partial charge in [0.15, 0.2) is 0 Å². The number of nitrogens with one attached hydrogen (secondary N) is 2. The second-order valence-electron chi connectivity index (χ2n) is 7.97. The van der Waals surface area contributed by atoms with Crippen LogP contribution >= 0.6 is 0 Å². The van der Waals surface area contributed by atoms with Crippen LogP contribution in [-0.4, -0.2) is 18.4 Å². The van der Waals surface area contributed by atoms with Crippen molar-refractivity contribution < 1.29 is 14.3 Å². The summed E-state index contributed by atoms with van der Waals surface area (Å²) in [7, 11) is 0. The molecule has 0 heterocycles. The van der Waals surface area contributed by atoms with Gasteiger partial charge in [0.2, 0.25) is 0 Å². The molecule has 0 bridgehead atoms. The van der Waals surface area contributed by atoms with E-state index in [9.17, 15) is 9.59 Å². The first-order valence-corrected chi connectivity index (χ1v) is 10.6. The van der Waals surface area contributed by atoms with E-state index in [0.29, 0.717) is 29.5 Å². The lowest BCUT2D eigenvalue weighted by molar-refractivity contribution is -0.113. The van der Waals surface area contributed by atoms with Crippen molar-refractivity contribution in [3.8, 4) is 5.75 Å². The van der Waals surface area contributed by atoms with Crippen LogP contribution in [0.15, 0.2) is 84.6 Å². The summed E-state index contributed by atoms with van der Waals surface area (Å²) in [5.74, 6) is 0.340. The summed E-state index contributed by atoms with van der Waals surface area (Å²) in [5.41, 5.74) is 3.14. The number of anilines is 1. The zero-order valence-electron chi connectivity index (χ0n) is 18.6. The number of ether oxygens (including phenoxy) is 1. The van der Waals surface area contributed by atoms with E-state index in [1.807, 2.05) is 61.5 Å². The molecule has 5 heteroatoms. The molecule has 3 rings (SSSR count). The quantitative estimate of drug-likeness (QED) is 0.470. The van der Waals surface area contributed by atoms with Gasteiger partial charge in [-0.25, -0.2) is 0 Å². The largest absolute Gasteiger partial charge is 0.493 e. The Kier molecular flexibility index (Phi) is 7.81. The summed E-state index contributed by atoms with van der Waals surface area (Å²) in [6.07, 6.45) is 1.65. The van der Waals surface area contributed by atoms with E-state index in [0.717, 1.165) is 11.1 Å². The first kappa shape index (κ1) is 22.8. The molecule has 0 saturated carbocycles. The third kappa shape index (κ3) is 6.84. The number of rotatable bonds is 8. The highest BCUT2D eigenvalue weighted by atomic mass is 16.5. The SMILES string of the molecule is Cc1ccc(NC(=O)C(=Cc2ccccc2)NC(=O)c2ccc(OCC(C)C)cc2)cc1. The van der Waals surface area contributed by atoms with Crippen molar-refractivity contribution in [2.45, 2.75) is 20.8 Å². The van der Waals surface area contributed by atoms with E-state index in [-0.39, 0.29) is 11.6 Å². The zero-order valence-corrected chi connectivity index (χ0v) is 18.6. The monoisotopic (exact) mass is 428 g/mol. The summed E-state index contributed by atoms with van der Waals surface area (Å²) >= 11 is 0. The molecule has 2 amide bonds. The standard InChI is InChI=1S/C27H28N2O3/c1-19(2)18-32-24-15-11-22(12-16-24)26(30)29-25(17-21-7-5-4-6-8-21)27(31)28-23-13-9-20(3)10-14-23/h4-17,19H,18H2,1-3H3,(H,28,31)(H,29,30). The van der Waals surface area contributed by atoms with Gasteiger partial charge in [0.05, 0.1) is 6.61 Å². The van der Waals surface area contributed by atoms with E-state index >= 15 is 0 Å². The van der Waals surface area contributed by atoms with Crippen molar-refractivity contribution in [3.63, 3.8) is 0 Å². The Balaban J connectivity index is 1.77. The first-order valence-electron chi connectivity index (χ1n) is 10.6. The molecule has 0 unspecified atom stereocenters. The molecule has 3 aromatic rings. The molecule has 0 atom stereocenters. The first-order chi connectivity index (χ1) is 15.4. The van der Waals surface area contributed by atoms with Crippen LogP contribution in [0.1, 0.15) is 35.3 Å². The normalized spacial score (nSPS) is 11.2. The number of carbonyl (C=O) groups is 2. The van der Waals surface area contributed by atoms with Gasteiger partial charge in [0.1, 0.15) is 11.4 Å². The lowest BCUT2D eigenvalue weighted by Crippen LogP contribution is -2.30. The maximum Gasteiger partial charge on any atom is 0.272 e. The van der Waals surface area contributed by atoms with Crippen molar-refractivity contribution in [2.75, 3.05) is 11.9 Å². The Labute approximate surface area is 189 Å². The molecule has 5 nitrogen and oxygen atoms in total. The fourth-order valence-electron chi connectivity index (χ4n) is 2.87. The Morgan fingerprint density at radius 2 is 1.56 bits per heavy atom. The van der Waals surface area contributed by atoms with Gasteiger partial charge < -0.3 is 15.4 Å². The molecular weight excluding hydrogens is 400 g/mol. The minimum atomic E-state index is -0.400. The molecule has 164 valence electrons. The molecule has 0 radical (unpaired) electrons. The average molecular weight is 429 g/mol. The predicted molar refractivity (Wildman–Crippen MR) is 128 cm³/mol. The highest BCUT2D eigenvalue weighted by Crippen LogP contribution is 2.15. The lowest BCUT2D eigenvalue weighted by atomic mass is 10.1. The topological polar surface area (TPSA) is 67.4 Å². The van der Waals surface area contributed by atoms with E-state index in [1.165, 1.54) is 0 Å². The van der Waals surface area contributed by atoms with Gasteiger partial charge in [-0.1, -0.05) is 61.9 Å². The third-order valence-corrected chi connectivity index (χ3v) is 4.61. The summed E-state index contributed by atoms with van der Waals surface area (Å²) < 4.78 is 5.67. The fraction of sp³-hybridized carbons (Fsp3) is 0.185. The maximum atomic E-state index is 13.0. The smallest absolute Gasteiger partial charge is 0.272 e. The summed E-state index contributed by atoms with van der Waals surface area (Å²) in [5, 5.41) is 5.59. The van der Waals surface area contributed by atoms with Gasteiger partial charge in [-0.2, -0.15) is 0 Å². The molecule has 32 heavy (non-hydrogen) atoms. The molecule has 0 aliphatic rings. The molecular formula is C27H28N2O3. The number of amides is 2. The summed E-state index contributed by atoms with van der Waals surface area (Å²) in [6, 6.07) is 23.7. The van der Waals surface area contributed by atoms with Gasteiger partial charge in [-0.15, -0.1) is 0 Å². The van der Waals surface area contributed by atoms with Crippen molar-refractivity contribution in [1.29, 1.82) is 0 Å². The highest BCUT2D eigenvalue weighted by Gasteiger charge is 2.15. The number of carbonyl (C=O) groups excluding carboxylic acids is 2. The van der Waals surface area contributed by atoms with Crippen LogP contribution in [0.3, 0.4) is 0 Å². The van der Waals surface area contributed by atoms with Gasteiger partial charge in [0, 0.05) is 11.3 Å². The molecule has 0 fully saturated rings. The number of benzene rings is 3. The number of hydrogen-bond donors (Lipinski definition) is 2. The van der Waals surface area contributed by atoms with Crippen molar-refractivity contribution >= 4 is 23.6 Å². The van der Waals surface area contributed by atoms with Crippen LogP contribution in [0.25, 0.3) is 6.08 Å². The lowest BCUT2D eigenvalue weighted by Gasteiger charge is -2.12. The second-order valence-corrected chi connectivity index (χ2v) is 7.97. The predicted octanol–water partition coefficient (Wildman–Crippen LogP) is 5.44. The second kappa shape index (κ2) is 11.0. The number of aryl methyl sites for hydroxylation is 1. The van der Waals surface area contributed by atoms with E-state index in [4.69, 9.17) is 4.74 Å². The molecule has 3 aromatic carbocycles. The minimum Gasteiger partial charge on any atom is -0.493 e.